The number of nitrogens with two attached hydrogens (primary N) is 3. The average molecular weight is 859 g/mol. The van der Waals surface area contributed by atoms with Crippen LogP contribution in [0.15, 0.2) is 24.0 Å². The maximum Gasteiger partial charge on any atom is 0.330 e. The van der Waals surface area contributed by atoms with Crippen LogP contribution in [0.3, 0.4) is 0 Å². The second kappa shape index (κ2) is 22.1. The number of nitrogen functional groups attached to an aromatic ring is 3. The fourth-order valence-corrected chi connectivity index (χ4v) is 7.78. The van der Waals surface area contributed by atoms with E-state index in [4.69, 9.17) is 33.9 Å². The maximum atomic E-state index is 12.3. The number of aromatic amines is 3. The summed E-state index contributed by atoms with van der Waals surface area (Å²) in [5.41, 5.74) is 14.9. The van der Waals surface area contributed by atoms with Gasteiger partial charge in [0.25, 0.3) is 16.7 Å². The van der Waals surface area contributed by atoms with Gasteiger partial charge >= 0.3 is 17.3 Å². The van der Waals surface area contributed by atoms with Crippen LogP contribution in [-0.2, 0) is 29.2 Å². The molecule has 3 aliphatic carbocycles. The van der Waals surface area contributed by atoms with Gasteiger partial charge in [0, 0.05) is 31.5 Å². The number of carboxylic acids is 1. The Morgan fingerprint density at radius 2 is 1.17 bits per heavy atom. The smallest absolute Gasteiger partial charge is 0.330 e. The topological polar surface area (TPSA) is 318 Å². The molecule has 0 spiro atoms. The number of nitrogens with zero attached hydrogens (tertiary/aromatic N) is 5. The second-order valence-electron chi connectivity index (χ2n) is 15.3. The number of carbonyl (C=O) groups excluding carboxylic acids is 1. The average Bonchev–Trinajstić information content (AvgIpc) is 4.06. The van der Waals surface area contributed by atoms with Gasteiger partial charge in [-0.25, -0.2) is 14.6 Å². The molecule has 0 bridgehead atoms. The molecule has 0 radical (unpaired) electrons. The third-order valence-electron chi connectivity index (χ3n) is 10.8. The van der Waals surface area contributed by atoms with Crippen molar-refractivity contribution < 1.29 is 14.7 Å². The summed E-state index contributed by atoms with van der Waals surface area (Å²) in [7, 11) is 0. The van der Waals surface area contributed by atoms with E-state index in [1.807, 2.05) is 20.8 Å². The van der Waals surface area contributed by atoms with Crippen LogP contribution in [0, 0.1) is 11.8 Å². The molecular formula is C39H59ClN12O8. The van der Waals surface area contributed by atoms with Gasteiger partial charge in [-0.3, -0.25) is 47.6 Å². The summed E-state index contributed by atoms with van der Waals surface area (Å²) in [5.74, 6) is 0.287. The van der Waals surface area contributed by atoms with E-state index in [0.717, 1.165) is 85.6 Å². The van der Waals surface area contributed by atoms with E-state index in [1.54, 1.807) is 0 Å². The molecule has 0 aromatic carbocycles. The van der Waals surface area contributed by atoms with Crippen molar-refractivity contribution in [2.24, 2.45) is 11.8 Å². The predicted octanol–water partition coefficient (Wildman–Crippen LogP) is 3.87. The molecular weight excluding hydrogens is 800 g/mol. The number of aliphatic carboxylic acids is 1. The molecule has 3 aliphatic rings. The Morgan fingerprint density at radius 1 is 0.683 bits per heavy atom. The summed E-state index contributed by atoms with van der Waals surface area (Å²) in [4.78, 5) is 97.5. The summed E-state index contributed by atoms with van der Waals surface area (Å²) in [5, 5.41) is 11.2. The van der Waals surface area contributed by atoms with E-state index in [-0.39, 0.29) is 51.6 Å². The number of halogens is 1. The first-order chi connectivity index (χ1) is 28.6. The van der Waals surface area contributed by atoms with Gasteiger partial charge in [0.05, 0.1) is 5.92 Å². The molecule has 0 unspecified atom stereocenters. The number of hydrogen-bond donors (Lipinski definition) is 8. The fraction of sp³-hybridized carbons (Fsp3) is 0.615. The Labute approximate surface area is 350 Å². The van der Waals surface area contributed by atoms with Crippen LogP contribution in [0.5, 0.6) is 0 Å². The van der Waals surface area contributed by atoms with Gasteiger partial charge in [-0.15, -0.1) is 0 Å². The van der Waals surface area contributed by atoms with E-state index < -0.39 is 28.5 Å². The third-order valence-corrected chi connectivity index (χ3v) is 11.1. The van der Waals surface area contributed by atoms with Crippen molar-refractivity contribution in [3.05, 3.63) is 63.1 Å². The quantitative estimate of drug-likeness (QED) is 0.105. The molecule has 0 saturated heterocycles. The summed E-state index contributed by atoms with van der Waals surface area (Å²) in [6, 6.07) is 0. The Bertz CT molecular complexity index is 2400. The van der Waals surface area contributed by atoms with E-state index in [0.29, 0.717) is 49.6 Å². The summed E-state index contributed by atoms with van der Waals surface area (Å²) < 4.78 is 3.59. The molecule has 21 heteroatoms. The minimum atomic E-state index is -0.609. The van der Waals surface area contributed by atoms with Gasteiger partial charge in [-0.05, 0) is 69.4 Å². The number of fused-ring (bicyclic) bond motifs is 1. The maximum absolute atomic E-state index is 12.3. The lowest BCUT2D eigenvalue weighted by Gasteiger charge is -2.13. The predicted molar refractivity (Wildman–Crippen MR) is 231 cm³/mol. The normalized spacial score (nSPS) is 15.5. The van der Waals surface area contributed by atoms with Gasteiger partial charge < -0.3 is 32.6 Å². The van der Waals surface area contributed by atoms with Crippen molar-refractivity contribution in [1.82, 2.24) is 38.6 Å². The first-order valence-electron chi connectivity index (χ1n) is 20.8. The lowest BCUT2D eigenvalue weighted by molar-refractivity contribution is -0.141. The molecule has 4 heterocycles. The molecule has 0 atom stereocenters. The van der Waals surface area contributed by atoms with Crippen LogP contribution in [0.2, 0.25) is 5.28 Å². The zero-order valence-corrected chi connectivity index (χ0v) is 35.4. The monoisotopic (exact) mass is 858 g/mol. The molecule has 0 aliphatic heterocycles. The number of amides is 1. The molecule has 20 nitrogen and oxygen atoms in total. The van der Waals surface area contributed by atoms with Crippen molar-refractivity contribution in [1.29, 1.82) is 0 Å². The van der Waals surface area contributed by atoms with E-state index >= 15 is 0 Å². The third kappa shape index (κ3) is 11.8. The van der Waals surface area contributed by atoms with Crippen molar-refractivity contribution in [3.8, 4) is 0 Å². The molecule has 7 rings (SSSR count). The van der Waals surface area contributed by atoms with Crippen molar-refractivity contribution in [2.45, 2.75) is 143 Å². The number of carboxylic acid groups (broad SMARTS) is 1. The first-order valence-corrected chi connectivity index (χ1v) is 21.2. The van der Waals surface area contributed by atoms with Crippen molar-refractivity contribution >= 4 is 57.7 Å². The summed E-state index contributed by atoms with van der Waals surface area (Å²) in [6.07, 6.45) is 14.6. The van der Waals surface area contributed by atoms with Gasteiger partial charge in [-0.1, -0.05) is 59.3 Å². The zero-order chi connectivity index (χ0) is 44.1. The number of H-pyrrole nitrogens is 3. The molecule has 4 aromatic rings. The SMILES string of the molecule is CCCn1c(=O)[nH]c(N)c(N)c1=O.CCCn1c(=O)[nH]c(N)c(NC(=O)C2CCCC2)c1=O.CCCn1c(Cl)nc2nc(C3CCCC3)[nH]c2c1=O.O=C(O)C1CCCC1. The van der Waals surface area contributed by atoms with Gasteiger partial charge in [0.15, 0.2) is 11.2 Å². The highest BCUT2D eigenvalue weighted by Gasteiger charge is 2.25. The lowest BCUT2D eigenvalue weighted by Crippen LogP contribution is -2.38. The minimum Gasteiger partial charge on any atom is -0.481 e. The molecule has 330 valence electrons. The number of rotatable bonds is 10. The van der Waals surface area contributed by atoms with E-state index in [9.17, 15) is 33.6 Å². The van der Waals surface area contributed by atoms with Gasteiger partial charge in [0.2, 0.25) is 11.2 Å². The summed E-state index contributed by atoms with van der Waals surface area (Å²) in [6.45, 7) is 6.94. The van der Waals surface area contributed by atoms with Gasteiger partial charge in [0.1, 0.15) is 28.8 Å². The molecule has 3 fully saturated rings. The lowest BCUT2D eigenvalue weighted by atomic mass is 10.1. The van der Waals surface area contributed by atoms with Crippen LogP contribution >= 0.6 is 11.6 Å². The number of carbonyl (C=O) groups is 2. The Kier molecular flexibility index (Phi) is 17.3. The van der Waals surface area contributed by atoms with E-state index in [1.165, 1.54) is 17.4 Å². The number of nitrogens with one attached hydrogen (secondary N) is 4. The highest BCUT2D eigenvalue weighted by Crippen LogP contribution is 2.33. The highest BCUT2D eigenvalue weighted by molar-refractivity contribution is 6.28. The van der Waals surface area contributed by atoms with Gasteiger partial charge in [-0.2, -0.15) is 4.98 Å². The standard InChI is InChI=1S/C13H17ClN4O.C13H20N4O3.C7H12N4O2.C6H10O2/c1-2-7-18-12(19)9-11(17-13(18)14)16-10(15-9)8-5-3-4-6-8;1-2-7-17-12(19)9(10(14)16-13(17)20)15-11(18)8-5-3-4-6-8;1-2-3-11-6(12)4(8)5(9)10-7(11)13;7-6(8)5-3-1-2-4-5/h8H,2-7H2,1H3,(H,15,16);8H,2-7,14H2,1H3,(H,15,18)(H,16,20);2-3,8-9H2,1H3,(H,10,13);5H,1-4H2,(H,7,8). The number of aromatic nitrogens is 8. The molecule has 1 amide bonds. The Balaban J connectivity index is 0.000000185. The van der Waals surface area contributed by atoms with Crippen LogP contribution in [0.25, 0.3) is 11.2 Å². The first kappa shape index (κ1) is 47.0. The molecule has 3 saturated carbocycles. The fourth-order valence-electron chi connectivity index (χ4n) is 7.54. The number of anilines is 4. The Morgan fingerprint density at radius 3 is 1.68 bits per heavy atom. The molecule has 4 aromatic heterocycles. The highest BCUT2D eigenvalue weighted by atomic mass is 35.5. The number of hydrogen-bond acceptors (Lipinski definition) is 12. The minimum absolute atomic E-state index is 0.0185. The van der Waals surface area contributed by atoms with Crippen molar-refractivity contribution in [3.63, 3.8) is 0 Å². The van der Waals surface area contributed by atoms with Crippen molar-refractivity contribution in [2.75, 3.05) is 22.5 Å². The largest absolute Gasteiger partial charge is 0.481 e. The van der Waals surface area contributed by atoms with Crippen LogP contribution in [-0.4, -0.2) is 55.6 Å². The van der Waals surface area contributed by atoms with E-state index in [2.05, 4.69) is 30.2 Å². The van der Waals surface area contributed by atoms with Crippen LogP contribution in [0.1, 0.15) is 129 Å². The second-order valence-corrected chi connectivity index (χ2v) is 15.7. The number of imidazole rings is 1. The van der Waals surface area contributed by atoms with Crippen LogP contribution < -0.4 is 50.6 Å². The Hall–Kier alpha value is -5.66. The molecule has 11 N–H and O–H groups in total. The summed E-state index contributed by atoms with van der Waals surface area (Å²) >= 11 is 6.05. The zero-order valence-electron chi connectivity index (χ0n) is 34.6. The molecule has 60 heavy (non-hydrogen) atoms. The van der Waals surface area contributed by atoms with Crippen LogP contribution in [0.4, 0.5) is 23.0 Å².